The third-order valence-electron chi connectivity index (χ3n) is 8.57. The average Bonchev–Trinajstić information content (AvgIpc) is 3.01. The van der Waals surface area contributed by atoms with Gasteiger partial charge in [-0.25, -0.2) is 9.98 Å². The van der Waals surface area contributed by atoms with Crippen molar-refractivity contribution < 1.29 is 0 Å². The maximum atomic E-state index is 5.18. The van der Waals surface area contributed by atoms with Gasteiger partial charge >= 0.3 is 0 Å². The fourth-order valence-corrected chi connectivity index (χ4v) is 6.47. The first kappa shape index (κ1) is 23.1. The van der Waals surface area contributed by atoms with E-state index in [9.17, 15) is 0 Å². The monoisotopic (exact) mass is 516 g/mol. The third kappa shape index (κ3) is 3.56. The van der Waals surface area contributed by atoms with Crippen LogP contribution in [-0.2, 0) is 0 Å². The topological polar surface area (TPSA) is 49.1 Å². The standard InChI is InChI=1S/C36H28N4/c1-21-19-27-20-26-15-16-28-29(17-13-23-14-18-30(32(26)31(23)28)33(27)37-22(21)2)36-39-34(24-9-5-3-6-10-24)38-35(40-36)25-11-7-4-8-12-25/h3-20,31,33,36H,1-2H3,(H,38,39,40). The maximum Gasteiger partial charge on any atom is 0.159 e. The zero-order valence-electron chi connectivity index (χ0n) is 22.5. The fraction of sp³-hybridized carbons (Fsp3) is 0.139. The predicted octanol–water partition coefficient (Wildman–Crippen LogP) is 6.75. The van der Waals surface area contributed by atoms with E-state index in [1.54, 1.807) is 0 Å². The first-order valence-electron chi connectivity index (χ1n) is 13.9. The molecule has 4 aliphatic carbocycles. The summed E-state index contributed by atoms with van der Waals surface area (Å²) in [6.07, 6.45) is 18.1. The molecule has 2 aromatic rings. The van der Waals surface area contributed by atoms with Gasteiger partial charge in [0, 0.05) is 28.3 Å². The Morgan fingerprint density at radius 2 is 1.45 bits per heavy atom. The van der Waals surface area contributed by atoms with E-state index in [4.69, 9.17) is 15.0 Å². The van der Waals surface area contributed by atoms with Crippen molar-refractivity contribution in [1.29, 1.82) is 0 Å². The van der Waals surface area contributed by atoms with Crippen molar-refractivity contribution in [3.05, 3.63) is 165 Å². The molecule has 2 heterocycles. The minimum absolute atomic E-state index is 0.0645. The molecule has 2 aromatic carbocycles. The summed E-state index contributed by atoms with van der Waals surface area (Å²) in [6.45, 7) is 4.27. The van der Waals surface area contributed by atoms with Crippen LogP contribution >= 0.6 is 0 Å². The van der Waals surface area contributed by atoms with Gasteiger partial charge in [0.1, 0.15) is 18.0 Å². The molecule has 0 aromatic heterocycles. The first-order chi connectivity index (χ1) is 19.6. The summed E-state index contributed by atoms with van der Waals surface area (Å²) in [5.41, 5.74) is 13.5. The van der Waals surface area contributed by atoms with Crippen molar-refractivity contribution >= 4 is 17.4 Å². The quantitative estimate of drug-likeness (QED) is 0.482. The molecule has 4 heteroatoms. The highest BCUT2D eigenvalue weighted by molar-refractivity contribution is 6.13. The van der Waals surface area contributed by atoms with Crippen LogP contribution in [0.25, 0.3) is 0 Å². The van der Waals surface area contributed by atoms with E-state index in [0.717, 1.165) is 28.5 Å². The van der Waals surface area contributed by atoms with Gasteiger partial charge in [0.2, 0.25) is 0 Å². The normalized spacial score (nSPS) is 25.9. The van der Waals surface area contributed by atoms with Gasteiger partial charge in [0.05, 0.1) is 0 Å². The third-order valence-corrected chi connectivity index (χ3v) is 8.57. The number of fused-ring (bicyclic) bond motifs is 2. The summed E-state index contributed by atoms with van der Waals surface area (Å²) < 4.78 is 0. The number of allylic oxidation sites excluding steroid dienone is 10. The van der Waals surface area contributed by atoms with Gasteiger partial charge in [0.25, 0.3) is 0 Å². The molecule has 4 nitrogen and oxygen atoms in total. The van der Waals surface area contributed by atoms with Gasteiger partial charge in [-0.3, -0.25) is 4.99 Å². The summed E-state index contributed by atoms with van der Waals surface area (Å²) in [7, 11) is 0. The van der Waals surface area contributed by atoms with Crippen LogP contribution in [0.4, 0.5) is 0 Å². The predicted molar refractivity (Wildman–Crippen MR) is 164 cm³/mol. The maximum absolute atomic E-state index is 5.18. The van der Waals surface area contributed by atoms with Gasteiger partial charge in [-0.2, -0.15) is 0 Å². The lowest BCUT2D eigenvalue weighted by Gasteiger charge is -2.41. The number of hydrogen-bond donors (Lipinski definition) is 1. The Bertz CT molecular complexity index is 1810. The Kier molecular flexibility index (Phi) is 5.11. The number of benzene rings is 2. The lowest BCUT2D eigenvalue weighted by Crippen LogP contribution is -2.41. The summed E-state index contributed by atoms with van der Waals surface area (Å²) in [5, 5.41) is 3.67. The van der Waals surface area contributed by atoms with Crippen molar-refractivity contribution in [2.75, 3.05) is 0 Å². The van der Waals surface area contributed by atoms with Gasteiger partial charge < -0.3 is 5.32 Å². The van der Waals surface area contributed by atoms with Gasteiger partial charge in [-0.05, 0) is 58.9 Å². The molecule has 3 unspecified atom stereocenters. The zero-order valence-corrected chi connectivity index (χ0v) is 22.5. The SMILES string of the molecule is CC1=CC2=CC3=C4C(=CC=C5C=CC(C6N=C(c7ccccc7)N=C(c7ccccc7)N6)=C(C=C3)C54)C2N=C1C. The molecule has 0 spiro atoms. The van der Waals surface area contributed by atoms with Crippen LogP contribution in [-0.4, -0.2) is 29.6 Å². The van der Waals surface area contributed by atoms with E-state index in [1.807, 2.05) is 36.4 Å². The van der Waals surface area contributed by atoms with Crippen LogP contribution in [0, 0.1) is 5.92 Å². The number of rotatable bonds is 3. The summed E-state index contributed by atoms with van der Waals surface area (Å²) in [6, 6.07) is 20.6. The second kappa shape index (κ2) is 8.85. The Morgan fingerprint density at radius 3 is 2.25 bits per heavy atom. The van der Waals surface area contributed by atoms with Crippen LogP contribution in [0.1, 0.15) is 25.0 Å². The highest BCUT2D eigenvalue weighted by atomic mass is 15.2. The molecule has 0 amide bonds. The van der Waals surface area contributed by atoms with Crippen LogP contribution in [0.15, 0.2) is 169 Å². The number of dihydropyridines is 1. The number of nitrogens with one attached hydrogen (secondary N) is 1. The molecule has 3 atom stereocenters. The number of amidine groups is 2. The first-order valence-corrected chi connectivity index (χ1v) is 13.9. The van der Waals surface area contributed by atoms with E-state index < -0.39 is 0 Å². The number of nitrogens with zero attached hydrogens (tertiary/aromatic N) is 3. The average molecular weight is 517 g/mol. The molecule has 1 N–H and O–H groups in total. The molecule has 2 aliphatic heterocycles. The molecular weight excluding hydrogens is 488 g/mol. The van der Waals surface area contributed by atoms with E-state index >= 15 is 0 Å². The second-order valence-electron chi connectivity index (χ2n) is 10.9. The minimum atomic E-state index is -0.257. The van der Waals surface area contributed by atoms with Gasteiger partial charge in [-0.1, -0.05) is 103 Å². The molecule has 0 bridgehead atoms. The fourth-order valence-electron chi connectivity index (χ4n) is 6.47. The smallest absolute Gasteiger partial charge is 0.159 e. The summed E-state index contributed by atoms with van der Waals surface area (Å²) in [4.78, 5) is 15.3. The number of hydrogen-bond acceptors (Lipinski definition) is 4. The molecule has 0 saturated heterocycles. The second-order valence-corrected chi connectivity index (χ2v) is 10.9. The van der Waals surface area contributed by atoms with E-state index in [0.29, 0.717) is 0 Å². The largest absolute Gasteiger partial charge is 0.344 e. The molecule has 0 radical (unpaired) electrons. The Morgan fingerprint density at radius 1 is 0.700 bits per heavy atom. The molecule has 0 fully saturated rings. The van der Waals surface area contributed by atoms with Crippen LogP contribution in [0.3, 0.4) is 0 Å². The van der Waals surface area contributed by atoms with Crippen molar-refractivity contribution in [2.24, 2.45) is 20.9 Å². The molecule has 6 aliphatic rings. The van der Waals surface area contributed by atoms with Crippen LogP contribution in [0.2, 0.25) is 0 Å². The van der Waals surface area contributed by atoms with Crippen LogP contribution in [0.5, 0.6) is 0 Å². The van der Waals surface area contributed by atoms with Crippen LogP contribution < -0.4 is 5.32 Å². The van der Waals surface area contributed by atoms with E-state index in [-0.39, 0.29) is 18.1 Å². The lowest BCUT2D eigenvalue weighted by molar-refractivity contribution is 0.696. The zero-order chi connectivity index (χ0) is 26.8. The Hall–Kier alpha value is -4.83. The Labute approximate surface area is 234 Å². The Balaban J connectivity index is 1.25. The van der Waals surface area contributed by atoms with Crippen molar-refractivity contribution in [3.8, 4) is 0 Å². The minimum Gasteiger partial charge on any atom is -0.344 e. The van der Waals surface area contributed by atoms with Crippen molar-refractivity contribution in [3.63, 3.8) is 0 Å². The van der Waals surface area contributed by atoms with Gasteiger partial charge in [0.15, 0.2) is 5.84 Å². The number of aliphatic imine (C=N–C) groups is 3. The molecule has 192 valence electrons. The lowest BCUT2D eigenvalue weighted by atomic mass is 9.65. The van der Waals surface area contributed by atoms with E-state index in [1.165, 1.54) is 44.6 Å². The molecule has 0 saturated carbocycles. The van der Waals surface area contributed by atoms with Crippen molar-refractivity contribution in [2.45, 2.75) is 26.1 Å². The highest BCUT2D eigenvalue weighted by Crippen LogP contribution is 2.50. The highest BCUT2D eigenvalue weighted by Gasteiger charge is 2.40. The van der Waals surface area contributed by atoms with Gasteiger partial charge in [-0.15, -0.1) is 0 Å². The summed E-state index contributed by atoms with van der Waals surface area (Å²) >= 11 is 0. The molecule has 8 rings (SSSR count). The molecule has 40 heavy (non-hydrogen) atoms. The van der Waals surface area contributed by atoms with E-state index in [2.05, 4.69) is 92.0 Å². The summed E-state index contributed by atoms with van der Waals surface area (Å²) in [5.74, 6) is 1.76. The molecular formula is C36H28N4. The van der Waals surface area contributed by atoms with Crippen molar-refractivity contribution in [1.82, 2.24) is 5.32 Å².